The lowest BCUT2D eigenvalue weighted by molar-refractivity contribution is -0.121. The Morgan fingerprint density at radius 3 is 2.17 bits per heavy atom. The molecule has 2 N–H and O–H groups in total. The van der Waals surface area contributed by atoms with Crippen LogP contribution in [0.3, 0.4) is 0 Å². The number of carbonyl (C=O) groups excluding carboxylic acids is 1. The second kappa shape index (κ2) is 16.4. The predicted octanol–water partition coefficient (Wildman–Crippen LogP) is 9.19. The Balaban J connectivity index is 1.40. The number of aromatic nitrogens is 2. The summed E-state index contributed by atoms with van der Waals surface area (Å²) >= 11 is 12.8. The summed E-state index contributed by atoms with van der Waals surface area (Å²) in [5.41, 5.74) is 3.67. The fourth-order valence-corrected chi connectivity index (χ4v) is 5.80. The monoisotopic (exact) mass is 685 g/mol. The number of carboxylic acid groups (broad SMARTS) is 1. The number of unbranched alkanes of at least 4 members (excludes halogenated alkanes) is 1. The lowest BCUT2D eigenvalue weighted by Gasteiger charge is -2.20. The van der Waals surface area contributed by atoms with Gasteiger partial charge in [0, 0.05) is 29.7 Å². The van der Waals surface area contributed by atoms with Crippen LogP contribution >= 0.6 is 23.2 Å². The van der Waals surface area contributed by atoms with Crippen LogP contribution in [0.2, 0.25) is 10.0 Å². The number of hydrogen-bond donors (Lipinski definition) is 2. The van der Waals surface area contributed by atoms with Crippen LogP contribution in [0.15, 0.2) is 97.2 Å². The first-order valence-corrected chi connectivity index (χ1v) is 16.5. The van der Waals surface area contributed by atoms with Crippen molar-refractivity contribution in [2.75, 3.05) is 7.11 Å². The molecule has 0 saturated heterocycles. The van der Waals surface area contributed by atoms with Crippen LogP contribution in [0.5, 0.6) is 17.2 Å². The summed E-state index contributed by atoms with van der Waals surface area (Å²) in [5, 5.41) is 13.5. The fourth-order valence-electron chi connectivity index (χ4n) is 5.30. The second-order valence-corrected chi connectivity index (χ2v) is 12.2. The van der Waals surface area contributed by atoms with E-state index in [4.69, 9.17) is 42.8 Å². The smallest absolute Gasteiger partial charge is 0.335 e. The zero-order valence-electron chi connectivity index (χ0n) is 26.8. The Kier molecular flexibility index (Phi) is 11.8. The normalized spacial score (nSPS) is 11.6. The first-order chi connectivity index (χ1) is 23.2. The zero-order valence-corrected chi connectivity index (χ0v) is 28.3. The molecule has 0 aliphatic carbocycles. The van der Waals surface area contributed by atoms with E-state index in [0.29, 0.717) is 46.5 Å². The number of nitrogens with one attached hydrogen (secondary N) is 1. The number of carbonyl (C=O) groups is 2. The van der Waals surface area contributed by atoms with Gasteiger partial charge in [0.2, 0.25) is 5.91 Å². The van der Waals surface area contributed by atoms with Crippen LogP contribution in [0.1, 0.15) is 59.5 Å². The fraction of sp³-hybridized carbons (Fsp3) is 0.237. The molecule has 1 amide bonds. The van der Waals surface area contributed by atoms with Gasteiger partial charge >= 0.3 is 5.97 Å². The molecule has 8 nitrogen and oxygen atoms in total. The Hall–Kier alpha value is -4.79. The van der Waals surface area contributed by atoms with Gasteiger partial charge in [0.15, 0.2) is 0 Å². The van der Waals surface area contributed by atoms with Gasteiger partial charge in [0.25, 0.3) is 0 Å². The summed E-state index contributed by atoms with van der Waals surface area (Å²) in [7, 11) is 1.63. The molecule has 0 unspecified atom stereocenters. The van der Waals surface area contributed by atoms with E-state index < -0.39 is 12.0 Å². The Bertz CT molecular complexity index is 1840. The highest BCUT2D eigenvalue weighted by Crippen LogP contribution is 2.32. The molecule has 0 aliphatic rings. The minimum absolute atomic E-state index is 0.0864. The van der Waals surface area contributed by atoms with Gasteiger partial charge in [-0.05, 0) is 97.1 Å². The number of ether oxygens (including phenoxy) is 2. The van der Waals surface area contributed by atoms with E-state index in [1.54, 1.807) is 31.4 Å². The van der Waals surface area contributed by atoms with Crippen molar-refractivity contribution in [3.05, 3.63) is 130 Å². The molecular weight excluding hydrogens is 649 g/mol. The van der Waals surface area contributed by atoms with E-state index in [2.05, 4.69) is 16.8 Å². The number of halogens is 2. The third-order valence-electron chi connectivity index (χ3n) is 7.91. The third kappa shape index (κ3) is 9.18. The number of carboxylic acids is 1. The molecule has 5 aromatic rings. The first-order valence-electron chi connectivity index (χ1n) is 15.8. The molecule has 1 atom stereocenters. The van der Waals surface area contributed by atoms with Gasteiger partial charge in [-0.1, -0.05) is 60.8 Å². The quantitative estimate of drug-likeness (QED) is 0.114. The maximum Gasteiger partial charge on any atom is 0.335 e. The molecule has 1 aromatic heterocycles. The lowest BCUT2D eigenvalue weighted by atomic mass is 10.0. The average Bonchev–Trinajstić information content (AvgIpc) is 3.51. The topological polar surface area (TPSA) is 103 Å². The van der Waals surface area contributed by atoms with E-state index >= 15 is 0 Å². The standard InChI is InChI=1S/C38H37Cl2N3O5/c1-3-4-21-43-24-35(32-19-12-28(39)23-33(32)40)42-37(43)34(41-36(44)20-9-25-5-13-29(47-2)14-6-25)22-26-7-15-30(16-8-26)48-31-17-10-27(11-18-31)38(45)46/h5-8,10-19,23-24,34H,3-4,9,20-22H2,1-2H3,(H,41,44)(H,45,46)/t34-/m0/s1. The van der Waals surface area contributed by atoms with E-state index in [1.165, 1.54) is 12.1 Å². The number of methoxy groups -OCH3 is 1. The highest BCUT2D eigenvalue weighted by Gasteiger charge is 2.23. The summed E-state index contributed by atoms with van der Waals surface area (Å²) in [6, 6.07) is 26.5. The van der Waals surface area contributed by atoms with Crippen molar-refractivity contribution in [1.82, 2.24) is 14.9 Å². The van der Waals surface area contributed by atoms with Gasteiger partial charge in [0.05, 0.1) is 29.4 Å². The van der Waals surface area contributed by atoms with Crippen molar-refractivity contribution in [2.45, 2.75) is 51.6 Å². The number of nitrogens with zero attached hydrogens (tertiary/aromatic N) is 2. The van der Waals surface area contributed by atoms with E-state index in [9.17, 15) is 9.59 Å². The summed E-state index contributed by atoms with van der Waals surface area (Å²) in [4.78, 5) is 29.7. The summed E-state index contributed by atoms with van der Waals surface area (Å²) < 4.78 is 13.3. The summed E-state index contributed by atoms with van der Waals surface area (Å²) in [6.07, 6.45) is 5.30. The van der Waals surface area contributed by atoms with Crippen LogP contribution in [0.4, 0.5) is 0 Å². The number of rotatable bonds is 15. The van der Waals surface area contributed by atoms with Crippen LogP contribution < -0.4 is 14.8 Å². The van der Waals surface area contributed by atoms with Gasteiger partial charge in [0.1, 0.15) is 23.1 Å². The van der Waals surface area contributed by atoms with Crippen molar-refractivity contribution in [2.24, 2.45) is 0 Å². The Morgan fingerprint density at radius 1 is 0.896 bits per heavy atom. The number of amides is 1. The van der Waals surface area contributed by atoms with E-state index in [1.807, 2.05) is 60.8 Å². The van der Waals surface area contributed by atoms with E-state index in [0.717, 1.165) is 47.7 Å². The highest BCUT2D eigenvalue weighted by atomic mass is 35.5. The average molecular weight is 687 g/mol. The molecular formula is C38H37Cl2N3O5. The number of imidazole rings is 1. The number of benzene rings is 4. The van der Waals surface area contributed by atoms with Crippen molar-refractivity contribution >= 4 is 35.1 Å². The minimum atomic E-state index is -0.994. The van der Waals surface area contributed by atoms with Gasteiger partial charge in [-0.2, -0.15) is 0 Å². The molecule has 0 bridgehead atoms. The molecule has 248 valence electrons. The number of aromatic carboxylic acids is 1. The molecule has 0 saturated carbocycles. The highest BCUT2D eigenvalue weighted by molar-refractivity contribution is 6.36. The van der Waals surface area contributed by atoms with Gasteiger partial charge < -0.3 is 24.5 Å². The maximum atomic E-state index is 13.5. The second-order valence-electron chi connectivity index (χ2n) is 11.4. The van der Waals surface area contributed by atoms with Gasteiger partial charge in [-0.15, -0.1) is 0 Å². The maximum absolute atomic E-state index is 13.5. The van der Waals surface area contributed by atoms with Gasteiger partial charge in [-0.25, -0.2) is 9.78 Å². The zero-order chi connectivity index (χ0) is 34.0. The molecule has 10 heteroatoms. The predicted molar refractivity (Wildman–Crippen MR) is 188 cm³/mol. The third-order valence-corrected chi connectivity index (χ3v) is 8.46. The molecule has 48 heavy (non-hydrogen) atoms. The first kappa shape index (κ1) is 34.5. The molecule has 1 heterocycles. The van der Waals surface area contributed by atoms with Crippen LogP contribution in [0, 0.1) is 0 Å². The summed E-state index contributed by atoms with van der Waals surface area (Å²) in [6.45, 7) is 2.87. The Labute approximate surface area is 290 Å². The molecule has 4 aromatic carbocycles. The lowest BCUT2D eigenvalue weighted by Crippen LogP contribution is -2.32. The van der Waals surface area contributed by atoms with Gasteiger partial charge in [-0.3, -0.25) is 4.79 Å². The minimum Gasteiger partial charge on any atom is -0.497 e. The Morgan fingerprint density at radius 2 is 1.54 bits per heavy atom. The van der Waals surface area contributed by atoms with Crippen molar-refractivity contribution in [1.29, 1.82) is 0 Å². The number of hydrogen-bond acceptors (Lipinski definition) is 5. The molecule has 5 rings (SSSR count). The van der Waals surface area contributed by atoms with Crippen molar-refractivity contribution < 1.29 is 24.2 Å². The van der Waals surface area contributed by atoms with Crippen LogP contribution in [-0.2, 0) is 24.2 Å². The van der Waals surface area contributed by atoms with Crippen molar-refractivity contribution in [3.63, 3.8) is 0 Å². The molecule has 0 aliphatic heterocycles. The van der Waals surface area contributed by atoms with Crippen LogP contribution in [-0.4, -0.2) is 33.6 Å². The summed E-state index contributed by atoms with van der Waals surface area (Å²) in [5.74, 6) is 1.56. The van der Waals surface area contributed by atoms with Crippen LogP contribution in [0.25, 0.3) is 11.3 Å². The van der Waals surface area contributed by atoms with E-state index in [-0.39, 0.29) is 11.5 Å². The molecule has 0 radical (unpaired) electrons. The molecule has 0 fully saturated rings. The number of aryl methyl sites for hydroxylation is 2. The van der Waals surface area contributed by atoms with Crippen molar-refractivity contribution in [3.8, 4) is 28.5 Å². The molecule has 0 spiro atoms. The largest absolute Gasteiger partial charge is 0.497 e. The SMILES string of the molecule is CCCCn1cc(-c2ccc(Cl)cc2Cl)nc1[C@H](Cc1ccc(Oc2ccc(C(=O)O)cc2)cc1)NC(=O)CCc1ccc(OC)cc1.